The number of hydrogen-bond donors (Lipinski definition) is 0. The van der Waals surface area contributed by atoms with Crippen LogP contribution in [0.4, 0.5) is 0 Å². The van der Waals surface area contributed by atoms with Gasteiger partial charge in [0.05, 0.1) is 19.1 Å². The number of rotatable bonds is 10. The lowest BCUT2D eigenvalue weighted by Crippen LogP contribution is -2.29. The fraction of sp³-hybridized carbons (Fsp3) is 0.300. The van der Waals surface area contributed by atoms with Crippen LogP contribution in [0.1, 0.15) is 11.7 Å². The predicted molar refractivity (Wildman–Crippen MR) is 108 cm³/mol. The quantitative estimate of drug-likeness (QED) is 0.480. The number of nitrogens with zero attached hydrogens (tertiary/aromatic N) is 3. The van der Waals surface area contributed by atoms with Crippen molar-refractivity contribution in [2.75, 3.05) is 27.8 Å². The maximum atomic E-state index is 12.7. The maximum absolute atomic E-state index is 12.7. The summed E-state index contributed by atoms with van der Waals surface area (Å²) in [6.07, 6.45) is 0.303. The first-order valence-electron chi connectivity index (χ1n) is 9.11. The Hall–Kier alpha value is -3.11. The van der Waals surface area contributed by atoms with Crippen LogP contribution in [-0.2, 0) is 23.1 Å². The first-order valence-corrected chi connectivity index (χ1v) is 10.5. The van der Waals surface area contributed by atoms with E-state index in [4.69, 9.17) is 18.7 Å². The van der Waals surface area contributed by atoms with E-state index in [0.29, 0.717) is 29.6 Å². The SMILES string of the molecule is COc1ccc(OCc2nc(CCN(C)S(=O)(=O)c3ccc(OC)cc3)no2)cc1. The van der Waals surface area contributed by atoms with Crippen LogP contribution in [0.15, 0.2) is 57.9 Å². The number of hydrogen-bond acceptors (Lipinski definition) is 8. The molecule has 160 valence electrons. The van der Waals surface area contributed by atoms with Crippen molar-refractivity contribution in [3.05, 3.63) is 60.2 Å². The minimum Gasteiger partial charge on any atom is -0.497 e. The van der Waals surface area contributed by atoms with Crippen molar-refractivity contribution < 1.29 is 27.2 Å². The number of methoxy groups -OCH3 is 2. The molecule has 10 heteroatoms. The smallest absolute Gasteiger partial charge is 0.264 e. The van der Waals surface area contributed by atoms with Crippen LogP contribution in [-0.4, -0.2) is 50.7 Å². The van der Waals surface area contributed by atoms with Crippen molar-refractivity contribution in [2.24, 2.45) is 0 Å². The van der Waals surface area contributed by atoms with E-state index in [-0.39, 0.29) is 18.0 Å². The Bertz CT molecular complexity index is 1050. The van der Waals surface area contributed by atoms with Crippen LogP contribution in [0.2, 0.25) is 0 Å². The number of sulfonamides is 1. The Morgan fingerprint density at radius 3 is 2.10 bits per heavy atom. The second-order valence-corrected chi connectivity index (χ2v) is 8.37. The van der Waals surface area contributed by atoms with E-state index in [1.807, 2.05) is 0 Å². The van der Waals surface area contributed by atoms with E-state index in [1.54, 1.807) is 43.5 Å². The number of likely N-dealkylation sites (N-methyl/N-ethyl adjacent to an activating group) is 1. The van der Waals surface area contributed by atoms with E-state index < -0.39 is 10.0 Å². The van der Waals surface area contributed by atoms with Crippen molar-refractivity contribution in [1.29, 1.82) is 0 Å². The van der Waals surface area contributed by atoms with Gasteiger partial charge in [-0.3, -0.25) is 0 Å². The van der Waals surface area contributed by atoms with Gasteiger partial charge in [0.2, 0.25) is 10.0 Å². The van der Waals surface area contributed by atoms with Gasteiger partial charge in [-0.2, -0.15) is 4.98 Å². The average molecular weight is 433 g/mol. The lowest BCUT2D eigenvalue weighted by molar-refractivity contribution is 0.242. The van der Waals surface area contributed by atoms with Gasteiger partial charge in [0.15, 0.2) is 12.4 Å². The maximum Gasteiger partial charge on any atom is 0.264 e. The highest BCUT2D eigenvalue weighted by Gasteiger charge is 2.21. The summed E-state index contributed by atoms with van der Waals surface area (Å²) in [5, 5.41) is 3.88. The average Bonchev–Trinajstić information content (AvgIpc) is 3.24. The molecule has 0 saturated heterocycles. The van der Waals surface area contributed by atoms with Gasteiger partial charge in [-0.15, -0.1) is 0 Å². The standard InChI is InChI=1S/C20H23N3O6S/c1-23(30(24,25)18-10-8-16(27-3)9-11-18)13-12-19-21-20(29-22-19)14-28-17-6-4-15(26-2)5-7-17/h4-11H,12-14H2,1-3H3. The minimum absolute atomic E-state index is 0.110. The van der Waals surface area contributed by atoms with E-state index in [0.717, 1.165) is 5.75 Å². The first-order chi connectivity index (χ1) is 14.4. The third-order valence-corrected chi connectivity index (χ3v) is 6.22. The zero-order valence-corrected chi connectivity index (χ0v) is 17.8. The van der Waals surface area contributed by atoms with Gasteiger partial charge in [0, 0.05) is 20.0 Å². The molecule has 0 saturated carbocycles. The Balaban J connectivity index is 1.53. The summed E-state index contributed by atoms with van der Waals surface area (Å²) < 4.78 is 47.5. The van der Waals surface area contributed by atoms with Gasteiger partial charge < -0.3 is 18.7 Å². The second-order valence-electron chi connectivity index (χ2n) is 6.32. The summed E-state index contributed by atoms with van der Waals surface area (Å²) in [6.45, 7) is 0.311. The fourth-order valence-corrected chi connectivity index (χ4v) is 3.74. The van der Waals surface area contributed by atoms with Gasteiger partial charge in [0.1, 0.15) is 17.2 Å². The molecule has 3 aromatic rings. The summed E-state index contributed by atoms with van der Waals surface area (Å²) in [7, 11) is 1.00. The van der Waals surface area contributed by atoms with Gasteiger partial charge in [0.25, 0.3) is 5.89 Å². The van der Waals surface area contributed by atoms with Crippen molar-refractivity contribution in [3.8, 4) is 17.2 Å². The molecule has 30 heavy (non-hydrogen) atoms. The zero-order chi connectivity index (χ0) is 21.6. The van der Waals surface area contributed by atoms with E-state index in [2.05, 4.69) is 10.1 Å². The molecule has 1 heterocycles. The number of benzene rings is 2. The molecule has 3 rings (SSSR count). The van der Waals surface area contributed by atoms with Crippen LogP contribution < -0.4 is 14.2 Å². The normalized spacial score (nSPS) is 11.5. The lowest BCUT2D eigenvalue weighted by Gasteiger charge is -2.16. The highest BCUT2D eigenvalue weighted by Crippen LogP contribution is 2.19. The highest BCUT2D eigenvalue weighted by molar-refractivity contribution is 7.89. The van der Waals surface area contributed by atoms with Crippen molar-refractivity contribution in [1.82, 2.24) is 14.4 Å². The molecular weight excluding hydrogens is 410 g/mol. The molecule has 0 fully saturated rings. The highest BCUT2D eigenvalue weighted by atomic mass is 32.2. The Morgan fingerprint density at radius 2 is 1.50 bits per heavy atom. The summed E-state index contributed by atoms with van der Waals surface area (Å²) in [5.74, 6) is 2.67. The topological polar surface area (TPSA) is 104 Å². The lowest BCUT2D eigenvalue weighted by atomic mass is 10.3. The molecule has 0 aliphatic heterocycles. The third-order valence-electron chi connectivity index (χ3n) is 4.35. The summed E-state index contributed by atoms with van der Waals surface area (Å²) in [6, 6.07) is 13.3. The molecule has 1 aromatic heterocycles. The molecule has 2 aromatic carbocycles. The third kappa shape index (κ3) is 5.28. The zero-order valence-electron chi connectivity index (χ0n) is 16.9. The van der Waals surface area contributed by atoms with Crippen molar-refractivity contribution in [2.45, 2.75) is 17.9 Å². The monoisotopic (exact) mass is 433 g/mol. The van der Waals surface area contributed by atoms with Gasteiger partial charge in [-0.1, -0.05) is 5.16 Å². The molecule has 0 radical (unpaired) electrons. The van der Waals surface area contributed by atoms with E-state index >= 15 is 0 Å². The van der Waals surface area contributed by atoms with Gasteiger partial charge >= 0.3 is 0 Å². The Morgan fingerprint density at radius 1 is 0.933 bits per heavy atom. The molecule has 0 aliphatic rings. The van der Waals surface area contributed by atoms with E-state index in [9.17, 15) is 8.42 Å². The second kappa shape index (κ2) is 9.59. The largest absolute Gasteiger partial charge is 0.497 e. The van der Waals surface area contributed by atoms with Crippen molar-refractivity contribution >= 4 is 10.0 Å². The summed E-state index contributed by atoms with van der Waals surface area (Å²) >= 11 is 0. The Labute approximate surface area is 175 Å². The van der Waals surface area contributed by atoms with Crippen LogP contribution in [0.25, 0.3) is 0 Å². The van der Waals surface area contributed by atoms with Crippen LogP contribution in [0, 0.1) is 0 Å². The Kier molecular flexibility index (Phi) is 6.91. The summed E-state index contributed by atoms with van der Waals surface area (Å²) in [4.78, 5) is 4.43. The molecule has 0 N–H and O–H groups in total. The van der Waals surface area contributed by atoms with Crippen LogP contribution in [0.3, 0.4) is 0 Å². The number of aromatic nitrogens is 2. The molecule has 0 bridgehead atoms. The van der Waals surface area contributed by atoms with Crippen LogP contribution >= 0.6 is 0 Å². The molecule has 0 unspecified atom stereocenters. The minimum atomic E-state index is -3.62. The molecule has 0 aliphatic carbocycles. The molecule has 0 amide bonds. The van der Waals surface area contributed by atoms with Crippen LogP contribution in [0.5, 0.6) is 17.2 Å². The predicted octanol–water partition coefficient (Wildman–Crippen LogP) is 2.53. The molecule has 0 atom stereocenters. The number of ether oxygens (including phenoxy) is 3. The van der Waals surface area contributed by atoms with Crippen molar-refractivity contribution in [3.63, 3.8) is 0 Å². The fourth-order valence-electron chi connectivity index (χ4n) is 2.57. The first kappa shape index (κ1) is 21.6. The van der Waals surface area contributed by atoms with Gasteiger partial charge in [-0.25, -0.2) is 12.7 Å². The summed E-state index contributed by atoms with van der Waals surface area (Å²) in [5.41, 5.74) is 0. The molecule has 9 nitrogen and oxygen atoms in total. The molecular formula is C20H23N3O6S. The van der Waals surface area contributed by atoms with Gasteiger partial charge in [-0.05, 0) is 48.5 Å². The van der Waals surface area contributed by atoms with E-state index in [1.165, 1.54) is 30.6 Å². The molecule has 0 spiro atoms.